The van der Waals surface area contributed by atoms with E-state index in [1.165, 1.54) is 12.1 Å². The Labute approximate surface area is 186 Å². The minimum atomic E-state index is -3.83. The molecule has 1 aromatic rings. The van der Waals surface area contributed by atoms with Gasteiger partial charge in [-0.25, -0.2) is 13.2 Å². The van der Waals surface area contributed by atoms with Gasteiger partial charge in [-0.05, 0) is 38.3 Å². The summed E-state index contributed by atoms with van der Waals surface area (Å²) in [6.07, 6.45) is 1.93. The number of hydrogen-bond donors (Lipinski definition) is 2. The summed E-state index contributed by atoms with van der Waals surface area (Å²) in [4.78, 5) is 29.1. The molecule has 8 nitrogen and oxygen atoms in total. The Kier molecular flexibility index (Phi) is 8.88. The van der Waals surface area contributed by atoms with Gasteiger partial charge in [-0.3, -0.25) is 4.79 Å². The monoisotopic (exact) mass is 452 g/mol. The first-order chi connectivity index (χ1) is 14.6. The summed E-state index contributed by atoms with van der Waals surface area (Å²) in [7, 11) is -3.83. The summed E-state index contributed by atoms with van der Waals surface area (Å²) in [6.45, 7) is 11.3. The van der Waals surface area contributed by atoms with Crippen molar-refractivity contribution in [2.45, 2.75) is 64.4 Å². The summed E-state index contributed by atoms with van der Waals surface area (Å²) < 4.78 is 28.3. The second-order valence-electron chi connectivity index (χ2n) is 8.57. The van der Waals surface area contributed by atoms with Gasteiger partial charge in [0, 0.05) is 32.2 Å². The minimum Gasteiger partial charge on any atom is -0.338 e. The number of amides is 3. The number of carbonyl (C=O) groups is 2. The Hall–Kier alpha value is -2.13. The van der Waals surface area contributed by atoms with Crippen LogP contribution in [0.3, 0.4) is 0 Å². The number of rotatable bonds is 8. The average molecular weight is 453 g/mol. The van der Waals surface area contributed by atoms with Gasteiger partial charge in [0.25, 0.3) is 0 Å². The molecule has 2 N–H and O–H groups in total. The highest BCUT2D eigenvalue weighted by Crippen LogP contribution is 2.17. The number of unbranched alkanes of at least 4 members (excludes halogenated alkanes) is 1. The molecule has 0 aliphatic carbocycles. The van der Waals surface area contributed by atoms with Crippen molar-refractivity contribution in [3.63, 3.8) is 0 Å². The molecule has 0 spiro atoms. The molecule has 0 radical (unpaired) electrons. The zero-order chi connectivity index (χ0) is 23.2. The molecule has 2 rings (SSSR count). The van der Waals surface area contributed by atoms with Crippen LogP contribution in [0, 0.1) is 12.8 Å². The van der Waals surface area contributed by atoms with E-state index in [1.54, 1.807) is 21.9 Å². The third kappa shape index (κ3) is 6.67. The third-order valence-corrected chi connectivity index (χ3v) is 7.01. The smallest absolute Gasteiger partial charge is 0.317 e. The highest BCUT2D eigenvalue weighted by atomic mass is 32.2. The zero-order valence-corrected chi connectivity index (χ0v) is 20.0. The van der Waals surface area contributed by atoms with Crippen LogP contribution in [0.2, 0.25) is 0 Å². The van der Waals surface area contributed by atoms with Crippen LogP contribution in [0.1, 0.15) is 46.1 Å². The van der Waals surface area contributed by atoms with Crippen molar-refractivity contribution in [1.29, 1.82) is 0 Å². The lowest BCUT2D eigenvalue weighted by molar-refractivity contribution is -0.136. The van der Waals surface area contributed by atoms with E-state index in [4.69, 9.17) is 0 Å². The number of carbonyl (C=O) groups excluding carboxylic acids is 2. The van der Waals surface area contributed by atoms with E-state index in [1.807, 2.05) is 27.7 Å². The van der Waals surface area contributed by atoms with E-state index in [2.05, 4.69) is 17.0 Å². The SMILES string of the molecule is CCCCNC(=O)N1CCN(C(=O)C(NS(=O)(=O)c2ccc(C)cc2)C(C)C)CC1C. The molecule has 1 aliphatic heterocycles. The second-order valence-corrected chi connectivity index (χ2v) is 10.3. The van der Waals surface area contributed by atoms with Gasteiger partial charge in [0.2, 0.25) is 15.9 Å². The van der Waals surface area contributed by atoms with Crippen LogP contribution < -0.4 is 10.0 Å². The predicted octanol–water partition coefficient (Wildman–Crippen LogP) is 2.34. The summed E-state index contributed by atoms with van der Waals surface area (Å²) >= 11 is 0. The van der Waals surface area contributed by atoms with Gasteiger partial charge in [0.15, 0.2) is 0 Å². The van der Waals surface area contributed by atoms with Crippen LogP contribution in [-0.2, 0) is 14.8 Å². The molecular formula is C22H36N4O4S. The van der Waals surface area contributed by atoms with Crippen molar-refractivity contribution in [3.05, 3.63) is 29.8 Å². The standard InChI is InChI=1S/C22H36N4O4S/c1-6-7-12-23-22(28)26-14-13-25(15-18(26)5)21(27)20(16(2)3)24-31(29,30)19-10-8-17(4)9-11-19/h8-11,16,18,20,24H,6-7,12-15H2,1-5H3,(H,23,28). The molecule has 0 saturated carbocycles. The Morgan fingerprint density at radius 1 is 1.16 bits per heavy atom. The predicted molar refractivity (Wildman–Crippen MR) is 121 cm³/mol. The minimum absolute atomic E-state index is 0.117. The van der Waals surface area contributed by atoms with Gasteiger partial charge in [-0.1, -0.05) is 44.9 Å². The first-order valence-electron chi connectivity index (χ1n) is 11.0. The number of benzene rings is 1. The lowest BCUT2D eigenvalue weighted by Gasteiger charge is -2.41. The number of hydrogen-bond acceptors (Lipinski definition) is 4. The molecule has 9 heteroatoms. The lowest BCUT2D eigenvalue weighted by Crippen LogP contribution is -2.61. The number of aryl methyl sites for hydroxylation is 1. The molecule has 3 amide bonds. The Morgan fingerprint density at radius 3 is 2.35 bits per heavy atom. The van der Waals surface area contributed by atoms with E-state index in [-0.39, 0.29) is 28.8 Å². The number of piperazine rings is 1. The van der Waals surface area contributed by atoms with Crippen molar-refractivity contribution in [2.75, 3.05) is 26.2 Å². The highest BCUT2D eigenvalue weighted by molar-refractivity contribution is 7.89. The molecule has 174 valence electrons. The van der Waals surface area contributed by atoms with Gasteiger partial charge >= 0.3 is 6.03 Å². The molecule has 2 unspecified atom stereocenters. The van der Waals surface area contributed by atoms with E-state index >= 15 is 0 Å². The molecule has 1 heterocycles. The Morgan fingerprint density at radius 2 is 1.81 bits per heavy atom. The van der Waals surface area contributed by atoms with E-state index in [0.717, 1.165) is 18.4 Å². The Bertz CT molecular complexity index is 855. The molecule has 1 aliphatic rings. The van der Waals surface area contributed by atoms with Crippen LogP contribution in [0.5, 0.6) is 0 Å². The quantitative estimate of drug-likeness (QED) is 0.592. The fourth-order valence-electron chi connectivity index (χ4n) is 3.55. The van der Waals surface area contributed by atoms with Crippen molar-refractivity contribution < 1.29 is 18.0 Å². The van der Waals surface area contributed by atoms with E-state index < -0.39 is 16.1 Å². The van der Waals surface area contributed by atoms with Crippen molar-refractivity contribution in [1.82, 2.24) is 19.8 Å². The summed E-state index contributed by atoms with van der Waals surface area (Å²) in [5.41, 5.74) is 0.959. The molecule has 1 aromatic carbocycles. The topological polar surface area (TPSA) is 98.8 Å². The average Bonchev–Trinajstić information content (AvgIpc) is 2.71. The van der Waals surface area contributed by atoms with E-state index in [9.17, 15) is 18.0 Å². The largest absolute Gasteiger partial charge is 0.338 e. The first-order valence-corrected chi connectivity index (χ1v) is 12.5. The fraction of sp³-hybridized carbons (Fsp3) is 0.636. The lowest BCUT2D eigenvalue weighted by atomic mass is 10.0. The molecule has 31 heavy (non-hydrogen) atoms. The normalized spacial score (nSPS) is 18.2. The maximum atomic E-state index is 13.2. The van der Waals surface area contributed by atoms with Crippen LogP contribution in [-0.4, -0.2) is 68.4 Å². The second kappa shape index (κ2) is 10.9. The summed E-state index contributed by atoms with van der Waals surface area (Å²) in [5, 5.41) is 2.91. The van der Waals surface area contributed by atoms with Crippen molar-refractivity contribution in [3.8, 4) is 0 Å². The van der Waals surface area contributed by atoms with E-state index in [0.29, 0.717) is 26.2 Å². The summed E-state index contributed by atoms with van der Waals surface area (Å²) in [6, 6.07) is 5.40. The number of nitrogens with one attached hydrogen (secondary N) is 2. The van der Waals surface area contributed by atoms with Gasteiger partial charge in [0.05, 0.1) is 4.90 Å². The number of sulfonamides is 1. The third-order valence-electron chi connectivity index (χ3n) is 5.55. The van der Waals surface area contributed by atoms with Crippen LogP contribution >= 0.6 is 0 Å². The molecule has 2 atom stereocenters. The maximum absolute atomic E-state index is 13.2. The summed E-state index contributed by atoms with van der Waals surface area (Å²) in [5.74, 6) is -0.484. The maximum Gasteiger partial charge on any atom is 0.317 e. The zero-order valence-electron chi connectivity index (χ0n) is 19.2. The van der Waals surface area contributed by atoms with Gasteiger partial charge in [-0.2, -0.15) is 4.72 Å². The fourth-order valence-corrected chi connectivity index (χ4v) is 4.89. The van der Waals surface area contributed by atoms with Gasteiger partial charge in [0.1, 0.15) is 6.04 Å². The van der Waals surface area contributed by atoms with Gasteiger partial charge in [-0.15, -0.1) is 0 Å². The van der Waals surface area contributed by atoms with Crippen LogP contribution in [0.25, 0.3) is 0 Å². The Balaban J connectivity index is 2.05. The van der Waals surface area contributed by atoms with Crippen LogP contribution in [0.4, 0.5) is 4.79 Å². The number of urea groups is 1. The molecule has 1 fully saturated rings. The van der Waals surface area contributed by atoms with Gasteiger partial charge < -0.3 is 15.1 Å². The molecule has 0 bridgehead atoms. The number of nitrogens with zero attached hydrogens (tertiary/aromatic N) is 2. The highest BCUT2D eigenvalue weighted by Gasteiger charge is 2.36. The van der Waals surface area contributed by atoms with Crippen molar-refractivity contribution >= 4 is 22.0 Å². The molecule has 1 saturated heterocycles. The van der Waals surface area contributed by atoms with Crippen LogP contribution in [0.15, 0.2) is 29.2 Å². The molecule has 0 aromatic heterocycles. The van der Waals surface area contributed by atoms with Crippen molar-refractivity contribution in [2.24, 2.45) is 5.92 Å². The first kappa shape index (κ1) is 25.1. The molecular weight excluding hydrogens is 416 g/mol.